The second-order valence-corrected chi connectivity index (χ2v) is 4.54. The lowest BCUT2D eigenvalue weighted by molar-refractivity contribution is 0.289. The first-order valence-corrected chi connectivity index (χ1v) is 6.55. The molecule has 0 fully saturated rings. The van der Waals surface area contributed by atoms with Crippen LogP contribution in [-0.4, -0.2) is 24.5 Å². The fourth-order valence-corrected chi connectivity index (χ4v) is 2.22. The Hall–Kier alpha value is -1.12. The molecule has 0 amide bonds. The average molecular weight is 230 g/mol. The lowest BCUT2D eigenvalue weighted by atomic mass is 10.1. The summed E-state index contributed by atoms with van der Waals surface area (Å²) in [6.07, 6.45) is 5.74. The Labute approximate surface area is 104 Å². The van der Waals surface area contributed by atoms with E-state index in [1.807, 2.05) is 0 Å². The molecule has 0 aromatic heterocycles. The molecule has 1 heterocycles. The zero-order valence-corrected chi connectivity index (χ0v) is 10.7. The molecule has 1 aromatic rings. The van der Waals surface area contributed by atoms with Crippen molar-refractivity contribution in [3.05, 3.63) is 47.5 Å². The van der Waals surface area contributed by atoms with Crippen LogP contribution in [0.15, 0.2) is 36.4 Å². The third-order valence-electron chi connectivity index (χ3n) is 3.22. The van der Waals surface area contributed by atoms with Crippen LogP contribution in [0.5, 0.6) is 0 Å². The fourth-order valence-electron chi connectivity index (χ4n) is 2.22. The lowest BCUT2D eigenvalue weighted by Crippen LogP contribution is -2.27. The van der Waals surface area contributed by atoms with Gasteiger partial charge in [-0.2, -0.15) is 0 Å². The first kappa shape index (κ1) is 12.3. The van der Waals surface area contributed by atoms with E-state index in [-0.39, 0.29) is 0 Å². The van der Waals surface area contributed by atoms with E-state index in [4.69, 9.17) is 0 Å². The molecule has 0 spiro atoms. The van der Waals surface area contributed by atoms with Crippen molar-refractivity contribution in [1.82, 2.24) is 10.2 Å². The molecule has 0 saturated heterocycles. The van der Waals surface area contributed by atoms with Gasteiger partial charge in [-0.25, -0.2) is 0 Å². The van der Waals surface area contributed by atoms with Gasteiger partial charge in [0.05, 0.1) is 0 Å². The predicted molar refractivity (Wildman–Crippen MR) is 72.9 cm³/mol. The van der Waals surface area contributed by atoms with Crippen LogP contribution in [0.4, 0.5) is 0 Å². The van der Waals surface area contributed by atoms with Gasteiger partial charge in [0.2, 0.25) is 0 Å². The Morgan fingerprint density at radius 3 is 2.71 bits per heavy atom. The summed E-state index contributed by atoms with van der Waals surface area (Å²) in [5.41, 5.74) is 2.90. The van der Waals surface area contributed by atoms with Gasteiger partial charge in [-0.05, 0) is 24.1 Å². The highest BCUT2D eigenvalue weighted by molar-refractivity contribution is 5.27. The highest BCUT2D eigenvalue weighted by atomic mass is 15.1. The molecule has 1 N–H and O–H groups in total. The molecule has 2 rings (SSSR count). The van der Waals surface area contributed by atoms with Gasteiger partial charge in [0.1, 0.15) is 0 Å². The summed E-state index contributed by atoms with van der Waals surface area (Å²) in [6, 6.07) is 8.76. The molecular weight excluding hydrogens is 208 g/mol. The van der Waals surface area contributed by atoms with E-state index in [2.05, 4.69) is 53.6 Å². The van der Waals surface area contributed by atoms with Crippen molar-refractivity contribution >= 4 is 0 Å². The van der Waals surface area contributed by atoms with Crippen LogP contribution >= 0.6 is 0 Å². The molecule has 92 valence electrons. The molecule has 0 radical (unpaired) electrons. The third-order valence-corrected chi connectivity index (χ3v) is 3.22. The molecular formula is C15H22N2. The highest BCUT2D eigenvalue weighted by Gasteiger charge is 2.09. The van der Waals surface area contributed by atoms with E-state index < -0.39 is 0 Å². The highest BCUT2D eigenvalue weighted by Crippen LogP contribution is 2.13. The summed E-state index contributed by atoms with van der Waals surface area (Å²) >= 11 is 0. The maximum Gasteiger partial charge on any atom is 0.0240 e. The number of hydrogen-bond acceptors (Lipinski definition) is 2. The van der Waals surface area contributed by atoms with Gasteiger partial charge in [-0.1, -0.05) is 43.3 Å². The van der Waals surface area contributed by atoms with E-state index in [0.717, 1.165) is 26.2 Å². The minimum absolute atomic E-state index is 0.982. The second kappa shape index (κ2) is 6.58. The minimum Gasteiger partial charge on any atom is -0.313 e. The minimum atomic E-state index is 0.982. The van der Waals surface area contributed by atoms with Crippen molar-refractivity contribution < 1.29 is 0 Å². The van der Waals surface area contributed by atoms with Gasteiger partial charge in [0, 0.05) is 26.2 Å². The van der Waals surface area contributed by atoms with Crippen molar-refractivity contribution in [2.45, 2.75) is 26.4 Å². The summed E-state index contributed by atoms with van der Waals surface area (Å²) in [7, 11) is 0. The van der Waals surface area contributed by atoms with Crippen LogP contribution in [0.3, 0.4) is 0 Å². The molecule has 1 aliphatic heterocycles. The molecule has 0 bridgehead atoms. The zero-order valence-electron chi connectivity index (χ0n) is 10.7. The molecule has 0 saturated carbocycles. The van der Waals surface area contributed by atoms with E-state index in [1.165, 1.54) is 24.1 Å². The first-order valence-electron chi connectivity index (χ1n) is 6.55. The first-order chi connectivity index (χ1) is 8.40. The fraction of sp³-hybridized carbons (Fsp3) is 0.467. The Morgan fingerprint density at radius 1 is 1.18 bits per heavy atom. The molecule has 1 aromatic carbocycles. The van der Waals surface area contributed by atoms with Gasteiger partial charge < -0.3 is 5.32 Å². The molecule has 0 unspecified atom stereocenters. The molecule has 1 aliphatic rings. The summed E-state index contributed by atoms with van der Waals surface area (Å²) in [5, 5.41) is 3.41. The number of nitrogens with zero attached hydrogens (tertiary/aromatic N) is 1. The largest absolute Gasteiger partial charge is 0.313 e. The number of hydrogen-bond donors (Lipinski definition) is 1. The normalized spacial score (nSPS) is 16.3. The van der Waals surface area contributed by atoms with Crippen LogP contribution in [0.1, 0.15) is 24.5 Å². The van der Waals surface area contributed by atoms with Crippen LogP contribution in [0.2, 0.25) is 0 Å². The molecule has 2 heteroatoms. The lowest BCUT2D eigenvalue weighted by Gasteiger charge is -2.24. The Morgan fingerprint density at radius 2 is 2.00 bits per heavy atom. The topological polar surface area (TPSA) is 15.3 Å². The maximum absolute atomic E-state index is 3.41. The standard InChI is InChI=1S/C15H22N2/c1-2-16-12-14-8-4-5-9-15(14)13-17-10-6-3-7-11-17/h3-6,8-9,16H,2,7,10-13H2,1H3. The van der Waals surface area contributed by atoms with Crippen molar-refractivity contribution in [3.63, 3.8) is 0 Å². The quantitative estimate of drug-likeness (QED) is 0.782. The van der Waals surface area contributed by atoms with Crippen LogP contribution < -0.4 is 5.32 Å². The van der Waals surface area contributed by atoms with Crippen molar-refractivity contribution in [1.29, 1.82) is 0 Å². The zero-order chi connectivity index (χ0) is 11.9. The predicted octanol–water partition coefficient (Wildman–Crippen LogP) is 2.56. The number of benzene rings is 1. The molecule has 0 aliphatic carbocycles. The Kier molecular flexibility index (Phi) is 4.77. The van der Waals surface area contributed by atoms with Crippen molar-refractivity contribution in [2.75, 3.05) is 19.6 Å². The van der Waals surface area contributed by atoms with Gasteiger partial charge in [-0.3, -0.25) is 4.90 Å². The third kappa shape index (κ3) is 3.69. The van der Waals surface area contributed by atoms with Gasteiger partial charge in [0.25, 0.3) is 0 Å². The Balaban J connectivity index is 2.00. The van der Waals surface area contributed by atoms with Crippen LogP contribution in [0, 0.1) is 0 Å². The molecule has 2 nitrogen and oxygen atoms in total. The van der Waals surface area contributed by atoms with Gasteiger partial charge in [0.15, 0.2) is 0 Å². The molecule has 0 atom stereocenters. The number of nitrogens with one attached hydrogen (secondary N) is 1. The molecule has 17 heavy (non-hydrogen) atoms. The van der Waals surface area contributed by atoms with E-state index in [1.54, 1.807) is 0 Å². The van der Waals surface area contributed by atoms with Crippen molar-refractivity contribution in [2.24, 2.45) is 0 Å². The summed E-state index contributed by atoms with van der Waals surface area (Å²) in [5.74, 6) is 0. The van der Waals surface area contributed by atoms with E-state index >= 15 is 0 Å². The smallest absolute Gasteiger partial charge is 0.0240 e. The van der Waals surface area contributed by atoms with Crippen molar-refractivity contribution in [3.8, 4) is 0 Å². The SMILES string of the molecule is CCNCc1ccccc1CN1CC=CCC1. The van der Waals surface area contributed by atoms with E-state index in [0.29, 0.717) is 0 Å². The van der Waals surface area contributed by atoms with Gasteiger partial charge in [-0.15, -0.1) is 0 Å². The Bertz CT molecular complexity index is 371. The maximum atomic E-state index is 3.41. The second-order valence-electron chi connectivity index (χ2n) is 4.54. The van der Waals surface area contributed by atoms with Crippen LogP contribution in [0.25, 0.3) is 0 Å². The van der Waals surface area contributed by atoms with Gasteiger partial charge >= 0.3 is 0 Å². The number of rotatable bonds is 5. The monoisotopic (exact) mass is 230 g/mol. The summed E-state index contributed by atoms with van der Waals surface area (Å²) in [4.78, 5) is 2.50. The van der Waals surface area contributed by atoms with Crippen LogP contribution in [-0.2, 0) is 13.1 Å². The summed E-state index contributed by atoms with van der Waals surface area (Å²) < 4.78 is 0. The summed E-state index contributed by atoms with van der Waals surface area (Å²) in [6.45, 7) is 7.52. The van der Waals surface area contributed by atoms with E-state index in [9.17, 15) is 0 Å². The average Bonchev–Trinajstić information content (AvgIpc) is 2.39.